The topological polar surface area (TPSA) is 59.1 Å². The maximum Gasteiger partial charge on any atom is 0.147 e. The van der Waals surface area contributed by atoms with Gasteiger partial charge in [-0.2, -0.15) is 0 Å². The molecule has 1 aromatic rings. The predicted molar refractivity (Wildman–Crippen MR) is 81.6 cm³/mol. The van der Waals surface area contributed by atoms with E-state index in [1.165, 1.54) is 11.1 Å². The maximum atomic E-state index is 11.2. The van der Waals surface area contributed by atoms with Crippen molar-refractivity contribution in [2.75, 3.05) is 18.6 Å². The van der Waals surface area contributed by atoms with Gasteiger partial charge in [0.05, 0.1) is 10.7 Å². The number of hydrogen-bond donors (Lipinski definition) is 1. The van der Waals surface area contributed by atoms with Gasteiger partial charge in [0.2, 0.25) is 0 Å². The number of hydrogen-bond acceptors (Lipinski definition) is 5. The zero-order valence-corrected chi connectivity index (χ0v) is 13.8. The van der Waals surface area contributed by atoms with Crippen molar-refractivity contribution >= 4 is 21.2 Å². The van der Waals surface area contributed by atoms with E-state index in [0.29, 0.717) is 6.42 Å². The van der Waals surface area contributed by atoms with E-state index in [1.807, 2.05) is 13.8 Å². The number of rotatable bonds is 8. The van der Waals surface area contributed by atoms with Gasteiger partial charge in [-0.1, -0.05) is 6.92 Å². The van der Waals surface area contributed by atoms with Gasteiger partial charge in [0.15, 0.2) is 0 Å². The van der Waals surface area contributed by atoms with Gasteiger partial charge in [-0.3, -0.25) is 0 Å². The lowest BCUT2D eigenvalue weighted by atomic mass is 10.1. The summed E-state index contributed by atoms with van der Waals surface area (Å²) in [5.74, 6) is 0.258. The van der Waals surface area contributed by atoms with Gasteiger partial charge in [-0.05, 0) is 39.7 Å². The molecule has 1 rings (SSSR count). The highest BCUT2D eigenvalue weighted by atomic mass is 32.2. The molecule has 0 spiro atoms. The first-order valence-electron chi connectivity index (χ1n) is 6.68. The minimum Gasteiger partial charge on any atom is -0.309 e. The number of thiazole rings is 1. The third kappa shape index (κ3) is 6.01. The Morgan fingerprint density at radius 1 is 1.37 bits per heavy atom. The molecule has 1 unspecified atom stereocenters. The van der Waals surface area contributed by atoms with Crippen molar-refractivity contribution in [3.63, 3.8) is 0 Å². The van der Waals surface area contributed by atoms with Crippen molar-refractivity contribution < 1.29 is 8.42 Å². The van der Waals surface area contributed by atoms with Crippen LogP contribution in [-0.2, 0) is 9.84 Å². The SMILES string of the molecule is CCCNC(CCCS(C)(=O)=O)c1sc(C)nc1C. The van der Waals surface area contributed by atoms with E-state index in [-0.39, 0.29) is 11.8 Å². The lowest BCUT2D eigenvalue weighted by molar-refractivity contribution is 0.496. The van der Waals surface area contributed by atoms with Crippen LogP contribution in [-0.4, -0.2) is 32.0 Å². The Bertz CT molecular complexity index is 495. The van der Waals surface area contributed by atoms with Crippen molar-refractivity contribution in [2.24, 2.45) is 0 Å². The number of sulfone groups is 1. The molecule has 0 amide bonds. The van der Waals surface area contributed by atoms with Crippen LogP contribution in [0.4, 0.5) is 0 Å². The fraction of sp³-hybridized carbons (Fsp3) is 0.769. The highest BCUT2D eigenvalue weighted by molar-refractivity contribution is 7.90. The molecule has 0 fully saturated rings. The average molecular weight is 304 g/mol. The molecule has 0 aliphatic rings. The molecular formula is C13H24N2O2S2. The summed E-state index contributed by atoms with van der Waals surface area (Å²) in [5.41, 5.74) is 1.07. The fourth-order valence-corrected chi connectivity index (χ4v) is 3.79. The van der Waals surface area contributed by atoms with Gasteiger partial charge in [0.25, 0.3) is 0 Å². The second-order valence-electron chi connectivity index (χ2n) is 4.96. The van der Waals surface area contributed by atoms with Crippen molar-refractivity contribution in [3.8, 4) is 0 Å². The van der Waals surface area contributed by atoms with Crippen LogP contribution in [0.1, 0.15) is 47.8 Å². The van der Waals surface area contributed by atoms with E-state index in [9.17, 15) is 8.42 Å². The first-order valence-corrected chi connectivity index (χ1v) is 9.56. The first kappa shape index (κ1) is 16.6. The van der Waals surface area contributed by atoms with E-state index < -0.39 is 9.84 Å². The Morgan fingerprint density at radius 3 is 2.53 bits per heavy atom. The van der Waals surface area contributed by atoms with Crippen LogP contribution in [0.3, 0.4) is 0 Å². The molecule has 1 heterocycles. The highest BCUT2D eigenvalue weighted by Gasteiger charge is 2.17. The third-order valence-electron chi connectivity index (χ3n) is 2.90. The molecule has 0 radical (unpaired) electrons. The summed E-state index contributed by atoms with van der Waals surface area (Å²) in [6.45, 7) is 7.11. The van der Waals surface area contributed by atoms with Crippen LogP contribution in [0.15, 0.2) is 0 Å². The van der Waals surface area contributed by atoms with Crippen molar-refractivity contribution in [1.82, 2.24) is 10.3 Å². The molecule has 19 heavy (non-hydrogen) atoms. The molecule has 1 N–H and O–H groups in total. The average Bonchev–Trinajstić information content (AvgIpc) is 2.61. The van der Waals surface area contributed by atoms with Crippen molar-refractivity contribution in [1.29, 1.82) is 0 Å². The molecule has 1 aromatic heterocycles. The summed E-state index contributed by atoms with van der Waals surface area (Å²) in [5, 5.41) is 4.57. The van der Waals surface area contributed by atoms with Gasteiger partial charge < -0.3 is 5.32 Å². The van der Waals surface area contributed by atoms with Gasteiger partial charge in [0.1, 0.15) is 9.84 Å². The van der Waals surface area contributed by atoms with Crippen LogP contribution >= 0.6 is 11.3 Å². The molecule has 0 aromatic carbocycles. The van der Waals surface area contributed by atoms with Crippen molar-refractivity contribution in [3.05, 3.63) is 15.6 Å². The van der Waals surface area contributed by atoms with E-state index in [0.717, 1.165) is 30.1 Å². The number of nitrogens with zero attached hydrogens (tertiary/aromatic N) is 1. The quantitative estimate of drug-likeness (QED) is 0.802. The number of nitrogens with one attached hydrogen (secondary N) is 1. The normalized spacial score (nSPS) is 13.7. The summed E-state index contributed by atoms with van der Waals surface area (Å²) in [4.78, 5) is 5.71. The summed E-state index contributed by atoms with van der Waals surface area (Å²) < 4.78 is 22.4. The summed E-state index contributed by atoms with van der Waals surface area (Å²) >= 11 is 1.71. The lowest BCUT2D eigenvalue weighted by Gasteiger charge is -2.17. The maximum absolute atomic E-state index is 11.2. The van der Waals surface area contributed by atoms with Crippen LogP contribution in [0.5, 0.6) is 0 Å². The van der Waals surface area contributed by atoms with E-state index in [2.05, 4.69) is 17.2 Å². The molecule has 0 bridgehead atoms. The zero-order chi connectivity index (χ0) is 14.5. The van der Waals surface area contributed by atoms with Crippen LogP contribution in [0.2, 0.25) is 0 Å². The minimum atomic E-state index is -2.87. The molecule has 1 atom stereocenters. The molecule has 110 valence electrons. The van der Waals surface area contributed by atoms with Gasteiger partial charge in [-0.15, -0.1) is 11.3 Å². The third-order valence-corrected chi connectivity index (χ3v) is 5.12. The van der Waals surface area contributed by atoms with E-state index >= 15 is 0 Å². The predicted octanol–water partition coefficient (Wildman–Crippen LogP) is 2.63. The molecule has 0 aliphatic carbocycles. The van der Waals surface area contributed by atoms with Crippen LogP contribution in [0.25, 0.3) is 0 Å². The molecule has 0 saturated carbocycles. The van der Waals surface area contributed by atoms with E-state index in [1.54, 1.807) is 11.3 Å². The Hall–Kier alpha value is -0.460. The molecule has 4 nitrogen and oxygen atoms in total. The Balaban J connectivity index is 2.69. The Morgan fingerprint density at radius 2 is 2.05 bits per heavy atom. The molecular weight excluding hydrogens is 280 g/mol. The zero-order valence-electron chi connectivity index (χ0n) is 12.2. The second kappa shape index (κ2) is 7.36. The van der Waals surface area contributed by atoms with Crippen molar-refractivity contribution in [2.45, 2.75) is 46.1 Å². The summed E-state index contributed by atoms with van der Waals surface area (Å²) in [7, 11) is -2.87. The standard InChI is InChI=1S/C13H24N2O2S2/c1-5-8-14-12(7-6-9-19(4,16)17)13-10(2)15-11(3)18-13/h12,14H,5-9H2,1-4H3. The summed E-state index contributed by atoms with van der Waals surface area (Å²) in [6.07, 6.45) is 3.90. The Labute approximate surface area is 120 Å². The Kier molecular flexibility index (Phi) is 6.42. The number of aryl methyl sites for hydroxylation is 2. The minimum absolute atomic E-state index is 0.230. The summed E-state index contributed by atoms with van der Waals surface area (Å²) in [6, 6.07) is 0.230. The number of aromatic nitrogens is 1. The van der Waals surface area contributed by atoms with Gasteiger partial charge in [-0.25, -0.2) is 13.4 Å². The smallest absolute Gasteiger partial charge is 0.147 e. The lowest BCUT2D eigenvalue weighted by Crippen LogP contribution is -2.22. The monoisotopic (exact) mass is 304 g/mol. The molecule has 0 saturated heterocycles. The fourth-order valence-electron chi connectivity index (χ4n) is 2.06. The van der Waals surface area contributed by atoms with Crippen LogP contribution < -0.4 is 5.32 Å². The van der Waals surface area contributed by atoms with Crippen LogP contribution in [0, 0.1) is 13.8 Å². The highest BCUT2D eigenvalue weighted by Crippen LogP contribution is 2.28. The van der Waals surface area contributed by atoms with Gasteiger partial charge >= 0.3 is 0 Å². The molecule has 6 heteroatoms. The largest absolute Gasteiger partial charge is 0.309 e. The van der Waals surface area contributed by atoms with E-state index in [4.69, 9.17) is 0 Å². The van der Waals surface area contributed by atoms with Gasteiger partial charge in [0, 0.05) is 22.9 Å². The first-order chi connectivity index (χ1) is 8.83. The molecule has 0 aliphatic heterocycles. The second-order valence-corrected chi connectivity index (χ2v) is 8.46.